The molecule has 6 heteroatoms. The van der Waals surface area contributed by atoms with Gasteiger partial charge in [0, 0.05) is 12.6 Å². The van der Waals surface area contributed by atoms with Gasteiger partial charge in [-0.1, -0.05) is 31.1 Å². The van der Waals surface area contributed by atoms with Gasteiger partial charge in [-0.05, 0) is 43.4 Å². The molecule has 0 amide bonds. The van der Waals surface area contributed by atoms with E-state index in [0.717, 1.165) is 18.4 Å². The van der Waals surface area contributed by atoms with Crippen molar-refractivity contribution in [3.63, 3.8) is 0 Å². The van der Waals surface area contributed by atoms with Gasteiger partial charge in [0.25, 0.3) is 0 Å². The van der Waals surface area contributed by atoms with E-state index in [1.165, 1.54) is 0 Å². The van der Waals surface area contributed by atoms with Crippen LogP contribution in [-0.4, -0.2) is 24.4 Å². The van der Waals surface area contributed by atoms with Gasteiger partial charge in [0.15, 0.2) is 0 Å². The topological polar surface area (TPSA) is 63.4 Å². The highest BCUT2D eigenvalue weighted by atomic mass is 32.2. The highest BCUT2D eigenvalue weighted by Gasteiger charge is 2.37. The number of benzene rings is 1. The highest BCUT2D eigenvalue weighted by Crippen LogP contribution is 2.36. The predicted molar refractivity (Wildman–Crippen MR) is 87.6 cm³/mol. The van der Waals surface area contributed by atoms with E-state index in [0.29, 0.717) is 28.8 Å². The van der Waals surface area contributed by atoms with Crippen LogP contribution in [0.4, 0.5) is 0 Å². The lowest BCUT2D eigenvalue weighted by Gasteiger charge is -2.22. The molecule has 0 radical (unpaired) electrons. The van der Waals surface area contributed by atoms with E-state index < -0.39 is 10.0 Å². The zero-order chi connectivity index (χ0) is 16.6. The maximum absolute atomic E-state index is 13.0. The van der Waals surface area contributed by atoms with Crippen LogP contribution < -0.4 is 0 Å². The van der Waals surface area contributed by atoms with Gasteiger partial charge in [0.05, 0.1) is 10.9 Å². The molecule has 1 aromatic carbocycles. The Morgan fingerprint density at radius 3 is 2.52 bits per heavy atom. The third-order valence-electron chi connectivity index (χ3n) is 4.34. The van der Waals surface area contributed by atoms with Crippen LogP contribution >= 0.6 is 0 Å². The van der Waals surface area contributed by atoms with Gasteiger partial charge < -0.3 is 4.52 Å². The molecule has 23 heavy (non-hydrogen) atoms. The van der Waals surface area contributed by atoms with Crippen molar-refractivity contribution in [2.75, 3.05) is 6.54 Å². The second-order valence-electron chi connectivity index (χ2n) is 6.36. The quantitative estimate of drug-likeness (QED) is 0.856. The number of nitrogens with zero attached hydrogens (tertiary/aromatic N) is 2. The summed E-state index contributed by atoms with van der Waals surface area (Å²) < 4.78 is 32.6. The summed E-state index contributed by atoms with van der Waals surface area (Å²) >= 11 is 0. The molecule has 0 bridgehead atoms. The summed E-state index contributed by atoms with van der Waals surface area (Å²) in [5.41, 5.74) is 1.83. The zero-order valence-electron chi connectivity index (χ0n) is 13.7. The van der Waals surface area contributed by atoms with Crippen molar-refractivity contribution in [3.8, 4) is 0 Å². The minimum Gasteiger partial charge on any atom is -0.361 e. The van der Waals surface area contributed by atoms with Crippen LogP contribution in [0.25, 0.3) is 0 Å². The maximum atomic E-state index is 13.0. The van der Waals surface area contributed by atoms with Gasteiger partial charge in [-0.3, -0.25) is 0 Å². The van der Waals surface area contributed by atoms with Crippen molar-refractivity contribution in [2.45, 2.75) is 50.5 Å². The molecular weight excluding hydrogens is 312 g/mol. The van der Waals surface area contributed by atoms with Crippen molar-refractivity contribution in [3.05, 3.63) is 47.3 Å². The second kappa shape index (κ2) is 6.09. The lowest BCUT2D eigenvalue weighted by molar-refractivity contribution is 0.349. The van der Waals surface area contributed by atoms with Crippen LogP contribution in [0.3, 0.4) is 0 Å². The van der Waals surface area contributed by atoms with E-state index in [1.54, 1.807) is 16.4 Å². The van der Waals surface area contributed by atoms with Crippen molar-refractivity contribution in [1.82, 2.24) is 9.46 Å². The molecule has 0 saturated carbocycles. The lowest BCUT2D eigenvalue weighted by Crippen LogP contribution is -2.30. The summed E-state index contributed by atoms with van der Waals surface area (Å²) in [6.45, 7) is 6.51. The van der Waals surface area contributed by atoms with Crippen molar-refractivity contribution in [2.24, 2.45) is 0 Å². The molecule has 1 saturated heterocycles. The van der Waals surface area contributed by atoms with Crippen LogP contribution in [0.5, 0.6) is 0 Å². The first-order chi connectivity index (χ1) is 10.9. The molecule has 2 aromatic rings. The summed E-state index contributed by atoms with van der Waals surface area (Å²) in [6.07, 6.45) is 1.61. The summed E-state index contributed by atoms with van der Waals surface area (Å²) in [5.74, 6) is 1.08. The maximum Gasteiger partial charge on any atom is 0.243 e. The monoisotopic (exact) mass is 334 g/mol. The number of hydrogen-bond donors (Lipinski definition) is 0. The molecule has 124 valence electrons. The zero-order valence-corrected chi connectivity index (χ0v) is 14.5. The smallest absolute Gasteiger partial charge is 0.243 e. The number of rotatable bonds is 4. The minimum absolute atomic E-state index is 0.234. The molecular formula is C17H22N2O3S. The Kier molecular flexibility index (Phi) is 4.29. The van der Waals surface area contributed by atoms with E-state index >= 15 is 0 Å². The fraction of sp³-hybridized carbons (Fsp3) is 0.471. The predicted octanol–water partition coefficient (Wildman–Crippen LogP) is 3.63. The number of aromatic nitrogens is 1. The molecule has 0 N–H and O–H groups in total. The van der Waals surface area contributed by atoms with Gasteiger partial charge >= 0.3 is 0 Å². The first-order valence-corrected chi connectivity index (χ1v) is 9.38. The molecule has 3 rings (SSSR count). The summed E-state index contributed by atoms with van der Waals surface area (Å²) in [5, 5.41) is 4.01. The van der Waals surface area contributed by atoms with Gasteiger partial charge in [-0.25, -0.2) is 8.42 Å². The Morgan fingerprint density at radius 2 is 1.96 bits per heavy atom. The van der Waals surface area contributed by atoms with E-state index in [-0.39, 0.29) is 6.04 Å². The Hall–Kier alpha value is -1.66. The molecule has 1 aliphatic rings. The SMILES string of the molecule is Cc1cc(C2CCCN2S(=O)(=O)c2ccc(C(C)C)cc2)no1. The molecule has 1 aliphatic heterocycles. The average molecular weight is 334 g/mol. The van der Waals surface area contributed by atoms with Gasteiger partial charge in [0.1, 0.15) is 11.5 Å². The molecule has 1 atom stereocenters. The summed E-state index contributed by atoms with van der Waals surface area (Å²) in [6, 6.07) is 8.77. The molecule has 5 nitrogen and oxygen atoms in total. The van der Waals surface area contributed by atoms with E-state index in [1.807, 2.05) is 25.1 Å². The first kappa shape index (κ1) is 16.2. The second-order valence-corrected chi connectivity index (χ2v) is 8.25. The number of sulfonamides is 1. The van der Waals surface area contributed by atoms with Crippen molar-refractivity contribution in [1.29, 1.82) is 0 Å². The van der Waals surface area contributed by atoms with Gasteiger partial charge in [-0.15, -0.1) is 0 Å². The number of hydrogen-bond acceptors (Lipinski definition) is 4. The first-order valence-electron chi connectivity index (χ1n) is 7.94. The van der Waals surface area contributed by atoms with Crippen LogP contribution in [0, 0.1) is 6.92 Å². The normalized spacial score (nSPS) is 19.6. The number of aryl methyl sites for hydroxylation is 1. The average Bonchev–Trinajstić information content (AvgIpc) is 3.16. The molecule has 0 aliphatic carbocycles. The van der Waals surface area contributed by atoms with Crippen LogP contribution in [0.15, 0.2) is 39.8 Å². The molecule has 2 heterocycles. The molecule has 1 unspecified atom stereocenters. The highest BCUT2D eigenvalue weighted by molar-refractivity contribution is 7.89. The fourth-order valence-corrected chi connectivity index (χ4v) is 4.69. The third-order valence-corrected chi connectivity index (χ3v) is 6.27. The molecule has 1 fully saturated rings. The van der Waals surface area contributed by atoms with Crippen LogP contribution in [0.2, 0.25) is 0 Å². The molecule has 1 aromatic heterocycles. The lowest BCUT2D eigenvalue weighted by atomic mass is 10.0. The van der Waals surface area contributed by atoms with Gasteiger partial charge in [-0.2, -0.15) is 4.31 Å². The van der Waals surface area contributed by atoms with E-state index in [9.17, 15) is 8.42 Å². The molecule has 0 spiro atoms. The van der Waals surface area contributed by atoms with E-state index in [4.69, 9.17) is 4.52 Å². The third kappa shape index (κ3) is 3.05. The van der Waals surface area contributed by atoms with Gasteiger partial charge in [0.2, 0.25) is 10.0 Å². The largest absolute Gasteiger partial charge is 0.361 e. The fourth-order valence-electron chi connectivity index (χ4n) is 3.03. The summed E-state index contributed by atoms with van der Waals surface area (Å²) in [4.78, 5) is 0.342. The summed E-state index contributed by atoms with van der Waals surface area (Å²) in [7, 11) is -3.52. The van der Waals surface area contributed by atoms with Crippen molar-refractivity contribution < 1.29 is 12.9 Å². The van der Waals surface area contributed by atoms with Crippen molar-refractivity contribution >= 4 is 10.0 Å². The Balaban J connectivity index is 1.91. The van der Waals surface area contributed by atoms with Crippen LogP contribution in [0.1, 0.15) is 55.7 Å². The van der Waals surface area contributed by atoms with E-state index in [2.05, 4.69) is 19.0 Å². The standard InChI is InChI=1S/C17H22N2O3S/c1-12(2)14-6-8-15(9-7-14)23(20,21)19-10-4-5-17(19)16-11-13(3)22-18-16/h6-9,11-12,17H,4-5,10H2,1-3H3. The Labute approximate surface area is 137 Å². The Morgan fingerprint density at radius 1 is 1.26 bits per heavy atom. The van der Waals surface area contributed by atoms with Crippen LogP contribution in [-0.2, 0) is 10.0 Å². The minimum atomic E-state index is -3.52. The Bertz CT molecular complexity index is 778.